The second-order valence-electron chi connectivity index (χ2n) is 7.88. The van der Waals surface area contributed by atoms with E-state index in [4.69, 9.17) is 9.31 Å². The molecular weight excluding hydrogens is 324 g/mol. The van der Waals surface area contributed by atoms with E-state index in [-0.39, 0.29) is 42.0 Å². The lowest BCUT2D eigenvalue weighted by molar-refractivity contribution is 0.00578. The van der Waals surface area contributed by atoms with Crippen molar-refractivity contribution < 1.29 is 17.7 Å². The fourth-order valence-corrected chi connectivity index (χ4v) is 5.39. The van der Waals surface area contributed by atoms with Gasteiger partial charge in [-0.05, 0) is 52.5 Å². The van der Waals surface area contributed by atoms with Gasteiger partial charge in [-0.2, -0.15) is 0 Å². The van der Waals surface area contributed by atoms with E-state index in [2.05, 4.69) is 33.0 Å². The van der Waals surface area contributed by atoms with Crippen molar-refractivity contribution in [3.8, 4) is 0 Å². The molecule has 3 heterocycles. The maximum absolute atomic E-state index is 11.7. The molecule has 0 aromatic heterocycles. The van der Waals surface area contributed by atoms with Crippen LogP contribution in [0.1, 0.15) is 40.5 Å². The molecule has 5 nitrogen and oxygen atoms in total. The molecule has 3 aliphatic heterocycles. The number of sulfone groups is 1. The maximum Gasteiger partial charge on any atom is 0.463 e. The highest BCUT2D eigenvalue weighted by Crippen LogP contribution is 2.51. The Morgan fingerprint density at radius 2 is 1.55 bits per heavy atom. The summed E-state index contributed by atoms with van der Waals surface area (Å²) in [7, 11) is -3.09. The summed E-state index contributed by atoms with van der Waals surface area (Å²) in [5.41, 5.74) is -0.656. The van der Waals surface area contributed by atoms with Crippen molar-refractivity contribution in [3.63, 3.8) is 0 Å². The highest BCUT2D eigenvalue weighted by Gasteiger charge is 2.60. The smallest absolute Gasteiger partial charge is 0.403 e. The third kappa shape index (κ3) is 2.95. The first-order valence-corrected chi connectivity index (χ1v) is 9.66. The van der Waals surface area contributed by atoms with Crippen molar-refractivity contribution in [1.82, 2.24) is 5.32 Å². The lowest BCUT2D eigenvalue weighted by atomic mass is 9.56. The number of rotatable bonds is 1. The van der Waals surface area contributed by atoms with E-state index in [0.717, 1.165) is 25.9 Å². The summed E-state index contributed by atoms with van der Waals surface area (Å²) in [4.78, 5) is 0. The zero-order chi connectivity index (χ0) is 15.5. The Morgan fingerprint density at radius 3 is 2.05 bits per heavy atom. The van der Waals surface area contributed by atoms with E-state index in [9.17, 15) is 8.42 Å². The van der Waals surface area contributed by atoms with Gasteiger partial charge in [-0.1, -0.05) is 0 Å². The predicted octanol–water partition coefficient (Wildman–Crippen LogP) is 1.67. The molecule has 0 radical (unpaired) electrons. The van der Waals surface area contributed by atoms with Crippen molar-refractivity contribution in [2.24, 2.45) is 5.41 Å². The number of halogens is 1. The minimum Gasteiger partial charge on any atom is -0.403 e. The molecule has 1 spiro atoms. The second kappa shape index (κ2) is 5.62. The summed E-state index contributed by atoms with van der Waals surface area (Å²) < 4.78 is 35.9. The van der Waals surface area contributed by atoms with Crippen molar-refractivity contribution in [2.75, 3.05) is 24.6 Å². The minimum absolute atomic E-state index is 0. The van der Waals surface area contributed by atoms with Crippen molar-refractivity contribution in [3.05, 3.63) is 0 Å². The third-order valence-electron chi connectivity index (χ3n) is 6.05. The molecule has 0 aromatic carbocycles. The van der Waals surface area contributed by atoms with Gasteiger partial charge in [-0.3, -0.25) is 0 Å². The van der Waals surface area contributed by atoms with Crippen LogP contribution in [-0.2, 0) is 19.1 Å². The molecule has 128 valence electrons. The standard InChI is InChI=1S/C14H26BNO4S.ClH/c1-12(2)13(3,4)20-15(19-12)11-9-16-10-14(11)5-7-21(17,18)8-6-14;/h11,16H,5-10H2,1-4H3;1H. The molecular formula is C14H27BClNO4S. The van der Waals surface area contributed by atoms with Crippen LogP contribution in [0.25, 0.3) is 0 Å². The minimum atomic E-state index is -2.85. The quantitative estimate of drug-likeness (QED) is 0.728. The van der Waals surface area contributed by atoms with Gasteiger partial charge in [0, 0.05) is 12.4 Å². The Bertz CT molecular complexity index is 507. The molecule has 0 bridgehead atoms. The van der Waals surface area contributed by atoms with Gasteiger partial charge < -0.3 is 14.6 Å². The lowest BCUT2D eigenvalue weighted by Gasteiger charge is -2.38. The summed E-state index contributed by atoms with van der Waals surface area (Å²) in [6.07, 6.45) is 1.44. The summed E-state index contributed by atoms with van der Waals surface area (Å²) >= 11 is 0. The molecule has 0 saturated carbocycles. The molecule has 3 saturated heterocycles. The molecule has 22 heavy (non-hydrogen) atoms. The predicted molar refractivity (Wildman–Crippen MR) is 90.3 cm³/mol. The van der Waals surface area contributed by atoms with Crippen molar-refractivity contribution in [1.29, 1.82) is 0 Å². The molecule has 1 unspecified atom stereocenters. The van der Waals surface area contributed by atoms with Gasteiger partial charge in [-0.15, -0.1) is 12.4 Å². The first-order valence-electron chi connectivity index (χ1n) is 7.84. The van der Waals surface area contributed by atoms with Crippen LogP contribution in [0.5, 0.6) is 0 Å². The Balaban J connectivity index is 0.00000176. The zero-order valence-electron chi connectivity index (χ0n) is 13.8. The van der Waals surface area contributed by atoms with Crippen LogP contribution < -0.4 is 5.32 Å². The van der Waals surface area contributed by atoms with E-state index in [1.807, 2.05) is 0 Å². The second-order valence-corrected chi connectivity index (χ2v) is 10.2. The van der Waals surface area contributed by atoms with Gasteiger partial charge >= 0.3 is 7.12 Å². The van der Waals surface area contributed by atoms with E-state index < -0.39 is 9.84 Å². The maximum atomic E-state index is 11.7. The van der Waals surface area contributed by atoms with Crippen LogP contribution in [0.15, 0.2) is 0 Å². The molecule has 0 aromatic rings. The van der Waals surface area contributed by atoms with Gasteiger partial charge in [0.1, 0.15) is 9.84 Å². The molecule has 8 heteroatoms. The topological polar surface area (TPSA) is 64.6 Å². The molecule has 1 N–H and O–H groups in total. The van der Waals surface area contributed by atoms with Gasteiger partial charge in [0.2, 0.25) is 0 Å². The van der Waals surface area contributed by atoms with Crippen LogP contribution in [0, 0.1) is 5.41 Å². The Hall–Kier alpha value is 0.185. The van der Waals surface area contributed by atoms with E-state index in [0.29, 0.717) is 11.5 Å². The van der Waals surface area contributed by atoms with E-state index >= 15 is 0 Å². The monoisotopic (exact) mass is 351 g/mol. The molecule has 3 aliphatic rings. The molecule has 0 aliphatic carbocycles. The Morgan fingerprint density at radius 1 is 1.05 bits per heavy atom. The third-order valence-corrected chi connectivity index (χ3v) is 7.70. The SMILES string of the molecule is CC1(C)OB(C2CNCC23CCS(=O)(=O)CC3)OC1(C)C.Cl. The molecule has 1 atom stereocenters. The molecule has 3 rings (SSSR count). The van der Waals surface area contributed by atoms with Crippen molar-refractivity contribution in [2.45, 2.75) is 57.6 Å². The summed E-state index contributed by atoms with van der Waals surface area (Å²) in [5, 5.41) is 3.44. The highest BCUT2D eigenvalue weighted by atomic mass is 35.5. The van der Waals surface area contributed by atoms with Gasteiger partial charge in [0.05, 0.1) is 22.7 Å². The van der Waals surface area contributed by atoms with Crippen LogP contribution in [-0.4, -0.2) is 51.3 Å². The Labute approximate surface area is 140 Å². The Kier molecular flexibility index (Phi) is 4.73. The average Bonchev–Trinajstić information content (AvgIpc) is 2.84. The normalized spacial score (nSPS) is 34.5. The zero-order valence-corrected chi connectivity index (χ0v) is 15.5. The fourth-order valence-electron chi connectivity index (χ4n) is 3.75. The van der Waals surface area contributed by atoms with E-state index in [1.165, 1.54) is 0 Å². The first kappa shape index (κ1) is 18.5. The average molecular weight is 352 g/mol. The van der Waals surface area contributed by atoms with Gasteiger partial charge in [0.25, 0.3) is 0 Å². The molecule has 3 fully saturated rings. The van der Waals surface area contributed by atoms with Gasteiger partial charge in [-0.25, -0.2) is 8.42 Å². The van der Waals surface area contributed by atoms with Crippen LogP contribution in [0.2, 0.25) is 5.82 Å². The van der Waals surface area contributed by atoms with Crippen LogP contribution in [0.3, 0.4) is 0 Å². The van der Waals surface area contributed by atoms with Gasteiger partial charge in [0.15, 0.2) is 0 Å². The summed E-state index contributed by atoms with van der Waals surface area (Å²) in [6, 6.07) is 0. The fraction of sp³-hybridized carbons (Fsp3) is 1.00. The van der Waals surface area contributed by atoms with Crippen molar-refractivity contribution >= 4 is 29.4 Å². The number of hydrogen-bond donors (Lipinski definition) is 1. The molecule has 0 amide bonds. The summed E-state index contributed by atoms with van der Waals surface area (Å²) in [5.74, 6) is 0.823. The highest BCUT2D eigenvalue weighted by molar-refractivity contribution is 7.91. The largest absolute Gasteiger partial charge is 0.463 e. The van der Waals surface area contributed by atoms with E-state index in [1.54, 1.807) is 0 Å². The van der Waals surface area contributed by atoms with Crippen LogP contribution >= 0.6 is 12.4 Å². The number of hydrogen-bond acceptors (Lipinski definition) is 5. The van der Waals surface area contributed by atoms with Crippen LogP contribution in [0.4, 0.5) is 0 Å². The number of nitrogens with one attached hydrogen (secondary N) is 1. The lowest BCUT2D eigenvalue weighted by Crippen LogP contribution is -2.43. The first-order chi connectivity index (χ1) is 9.57. The summed E-state index contributed by atoms with van der Waals surface area (Å²) in [6.45, 7) is 9.97.